The number of ether oxygens (including phenoxy) is 3. The number of imidazole rings is 1. The van der Waals surface area contributed by atoms with Gasteiger partial charge in [-0.2, -0.15) is 0 Å². The first kappa shape index (κ1) is 36.6. The number of carbonyl (C=O) groups excluding carboxylic acids is 4. The van der Waals surface area contributed by atoms with Crippen LogP contribution in [0.3, 0.4) is 0 Å². The molecular weight excluding hydrogens is 648 g/mol. The highest BCUT2D eigenvalue weighted by Crippen LogP contribution is 2.35. The summed E-state index contributed by atoms with van der Waals surface area (Å²) in [5, 5.41) is 6.80. The van der Waals surface area contributed by atoms with Crippen molar-refractivity contribution >= 4 is 69.4 Å². The van der Waals surface area contributed by atoms with Gasteiger partial charge in [0.1, 0.15) is 4.88 Å². The quantitative estimate of drug-likeness (QED) is 0.0768. The normalized spacial score (nSPS) is 14.1. The van der Waals surface area contributed by atoms with E-state index in [0.29, 0.717) is 41.5 Å². The highest BCUT2D eigenvalue weighted by molar-refractivity contribution is 7.20. The van der Waals surface area contributed by atoms with E-state index in [9.17, 15) is 19.2 Å². The number of rotatable bonds is 13. The fraction of sp³-hybridized carbons (Fsp3) is 0.371. The molecule has 1 fully saturated rings. The van der Waals surface area contributed by atoms with Crippen LogP contribution in [0.2, 0.25) is 0 Å². The van der Waals surface area contributed by atoms with Gasteiger partial charge in [-0.1, -0.05) is 0 Å². The molecule has 0 aliphatic carbocycles. The van der Waals surface area contributed by atoms with Gasteiger partial charge in [-0.05, 0) is 73.9 Å². The third-order valence-electron chi connectivity index (χ3n) is 7.88. The SMILES string of the molecule is CNc1ccc2sc(C(=O)OC)cc2c1.COc1cc(C)c(N=CC2CCCCN2C=O)cc1OCCCC(=O)Nc1cn(C)c(C=O)n1. The van der Waals surface area contributed by atoms with E-state index in [0.717, 1.165) is 59.2 Å². The zero-order chi connectivity index (χ0) is 35.3. The Kier molecular flexibility index (Phi) is 13.3. The number of hydrogen-bond acceptors (Lipinski definition) is 11. The Morgan fingerprint density at radius 1 is 1.12 bits per heavy atom. The number of thiophene rings is 1. The largest absolute Gasteiger partial charge is 0.493 e. The summed E-state index contributed by atoms with van der Waals surface area (Å²) in [5.74, 6) is 1.21. The molecule has 2 aromatic heterocycles. The Hall–Kier alpha value is -5.24. The first-order valence-corrected chi connectivity index (χ1v) is 16.7. The summed E-state index contributed by atoms with van der Waals surface area (Å²) < 4.78 is 18.6. The number of aliphatic imine (C=N–C) groups is 1. The first-order valence-electron chi connectivity index (χ1n) is 15.8. The van der Waals surface area contributed by atoms with Gasteiger partial charge in [0.2, 0.25) is 12.3 Å². The van der Waals surface area contributed by atoms with E-state index in [2.05, 4.69) is 25.3 Å². The molecule has 0 bridgehead atoms. The summed E-state index contributed by atoms with van der Waals surface area (Å²) >= 11 is 1.45. The maximum absolute atomic E-state index is 12.2. The average molecular weight is 691 g/mol. The highest BCUT2D eigenvalue weighted by atomic mass is 32.1. The minimum Gasteiger partial charge on any atom is -0.493 e. The first-order chi connectivity index (χ1) is 23.7. The van der Waals surface area contributed by atoms with E-state index in [1.807, 2.05) is 56.6 Å². The van der Waals surface area contributed by atoms with Gasteiger partial charge < -0.3 is 34.3 Å². The zero-order valence-corrected chi connectivity index (χ0v) is 29.2. The molecule has 13 nitrogen and oxygen atoms in total. The van der Waals surface area contributed by atoms with Crippen molar-refractivity contribution < 1.29 is 33.4 Å². The fourth-order valence-corrected chi connectivity index (χ4v) is 6.13. The van der Waals surface area contributed by atoms with Gasteiger partial charge in [-0.3, -0.25) is 19.4 Å². The van der Waals surface area contributed by atoms with Crippen LogP contribution in [-0.4, -0.2) is 85.7 Å². The maximum atomic E-state index is 12.2. The number of aryl methyl sites for hydroxylation is 2. The summed E-state index contributed by atoms with van der Waals surface area (Å²) in [4.78, 5) is 56.7. The second-order valence-electron chi connectivity index (χ2n) is 11.3. The third-order valence-corrected chi connectivity index (χ3v) is 8.97. The lowest BCUT2D eigenvalue weighted by Gasteiger charge is -2.29. The molecule has 4 aromatic rings. The minimum atomic E-state index is -0.276. The van der Waals surface area contributed by atoms with Crippen molar-refractivity contribution in [2.45, 2.75) is 45.1 Å². The van der Waals surface area contributed by atoms with Crippen LogP contribution in [0.5, 0.6) is 11.5 Å². The van der Waals surface area contributed by atoms with Gasteiger partial charge in [0.15, 0.2) is 29.4 Å². The highest BCUT2D eigenvalue weighted by Gasteiger charge is 2.19. The van der Waals surface area contributed by atoms with Gasteiger partial charge in [0.25, 0.3) is 0 Å². The van der Waals surface area contributed by atoms with Gasteiger partial charge in [-0.25, -0.2) is 9.78 Å². The number of nitrogens with one attached hydrogen (secondary N) is 2. The van der Waals surface area contributed by atoms with Crippen LogP contribution in [0, 0.1) is 6.92 Å². The maximum Gasteiger partial charge on any atom is 0.348 e. The fourth-order valence-electron chi connectivity index (χ4n) is 5.17. The van der Waals surface area contributed by atoms with Crippen molar-refractivity contribution in [3.05, 3.63) is 58.9 Å². The number of fused-ring (bicyclic) bond motifs is 1. The molecule has 0 saturated carbocycles. The van der Waals surface area contributed by atoms with E-state index in [-0.39, 0.29) is 30.2 Å². The molecule has 2 aromatic carbocycles. The van der Waals surface area contributed by atoms with E-state index in [4.69, 9.17) is 9.47 Å². The lowest BCUT2D eigenvalue weighted by molar-refractivity contribution is -0.120. The zero-order valence-electron chi connectivity index (χ0n) is 28.4. The Bertz CT molecular complexity index is 1800. The van der Waals surface area contributed by atoms with Crippen molar-refractivity contribution in [1.29, 1.82) is 0 Å². The van der Waals surface area contributed by atoms with E-state index < -0.39 is 0 Å². The number of anilines is 2. The van der Waals surface area contributed by atoms with Crippen molar-refractivity contribution in [2.75, 3.05) is 45.1 Å². The summed E-state index contributed by atoms with van der Waals surface area (Å²) in [6.45, 7) is 3.00. The van der Waals surface area contributed by atoms with E-state index in [1.165, 1.54) is 18.4 Å². The molecule has 49 heavy (non-hydrogen) atoms. The van der Waals surface area contributed by atoms with Crippen molar-refractivity contribution in [3.63, 3.8) is 0 Å². The van der Waals surface area contributed by atoms with Gasteiger partial charge in [0.05, 0.1) is 32.6 Å². The number of aromatic nitrogens is 2. The smallest absolute Gasteiger partial charge is 0.348 e. The predicted octanol–water partition coefficient (Wildman–Crippen LogP) is 5.79. The summed E-state index contributed by atoms with van der Waals surface area (Å²) in [5.41, 5.74) is 2.71. The summed E-state index contributed by atoms with van der Waals surface area (Å²) in [6, 6.07) is 11.5. The lowest BCUT2D eigenvalue weighted by atomic mass is 10.0. The molecule has 2 N–H and O–H groups in total. The molecule has 2 amide bonds. The third kappa shape index (κ3) is 9.89. The molecule has 0 radical (unpaired) electrons. The van der Waals surface area contributed by atoms with Gasteiger partial charge in [0, 0.05) is 55.9 Å². The number of aldehydes is 1. The van der Waals surface area contributed by atoms with Crippen LogP contribution in [0.1, 0.15) is 58.0 Å². The second kappa shape index (κ2) is 17.8. The van der Waals surface area contributed by atoms with E-state index in [1.54, 1.807) is 29.8 Å². The molecule has 1 aliphatic heterocycles. The molecule has 1 saturated heterocycles. The lowest BCUT2D eigenvalue weighted by Crippen LogP contribution is -2.39. The van der Waals surface area contributed by atoms with Crippen LogP contribution in [0.4, 0.5) is 17.2 Å². The molecule has 5 rings (SSSR count). The molecule has 0 spiro atoms. The molecule has 260 valence electrons. The molecule has 1 atom stereocenters. The number of amides is 2. The Labute approximate surface area is 289 Å². The number of nitrogens with zero attached hydrogens (tertiary/aromatic N) is 4. The predicted molar refractivity (Wildman–Crippen MR) is 191 cm³/mol. The van der Waals surface area contributed by atoms with Gasteiger partial charge in [-0.15, -0.1) is 11.3 Å². The molecule has 3 heterocycles. The summed E-state index contributed by atoms with van der Waals surface area (Å²) in [7, 11) is 6.52. The molecule has 14 heteroatoms. The Morgan fingerprint density at radius 3 is 2.63 bits per heavy atom. The molecule has 1 unspecified atom stereocenters. The average Bonchev–Trinajstić information content (AvgIpc) is 3.71. The number of esters is 1. The second-order valence-corrected chi connectivity index (χ2v) is 12.4. The number of piperidine rings is 1. The van der Waals surface area contributed by atoms with E-state index >= 15 is 0 Å². The molecule has 1 aliphatic rings. The van der Waals surface area contributed by atoms with Crippen molar-refractivity contribution in [1.82, 2.24) is 14.5 Å². The summed E-state index contributed by atoms with van der Waals surface area (Å²) in [6.07, 6.45) is 8.62. The van der Waals surface area contributed by atoms with Crippen LogP contribution in [-0.2, 0) is 21.4 Å². The number of carbonyl (C=O) groups is 4. The van der Waals surface area contributed by atoms with Crippen molar-refractivity contribution in [2.24, 2.45) is 12.0 Å². The minimum absolute atomic E-state index is 0.00246. The molecular formula is C35H42N6O7S. The number of hydrogen-bond donors (Lipinski definition) is 2. The van der Waals surface area contributed by atoms with Crippen LogP contribution in [0.25, 0.3) is 10.1 Å². The Morgan fingerprint density at radius 2 is 1.94 bits per heavy atom. The van der Waals surface area contributed by atoms with Crippen LogP contribution >= 0.6 is 11.3 Å². The number of methoxy groups -OCH3 is 2. The van der Waals surface area contributed by atoms with Crippen molar-refractivity contribution in [3.8, 4) is 11.5 Å². The number of likely N-dealkylation sites (tertiary alicyclic amines) is 1. The topological polar surface area (TPSA) is 153 Å². The van der Waals surface area contributed by atoms with Crippen LogP contribution in [0.15, 0.2) is 47.6 Å². The van der Waals surface area contributed by atoms with Gasteiger partial charge >= 0.3 is 5.97 Å². The number of benzene rings is 2. The standard InChI is InChI=1S/C24H31N5O5.C11H11NO2S/c1-17-11-20(33-3)21(12-19(17)25-13-18-7-4-5-9-29(18)16-31)34-10-6-8-24(32)27-22-14-28(2)23(15-30)26-22;1-12-8-3-4-9-7(5-8)6-10(15-9)11(13)14-2/h11-16,18H,4-10H2,1-3H3,(H,27,32);3-6,12H,1-2H3. The Balaban J connectivity index is 0.000000299. The van der Waals surface area contributed by atoms with Crippen LogP contribution < -0.4 is 20.1 Å². The monoisotopic (exact) mass is 690 g/mol.